The summed E-state index contributed by atoms with van der Waals surface area (Å²) in [5.41, 5.74) is 3.84. The molecule has 0 saturated heterocycles. The van der Waals surface area contributed by atoms with Crippen LogP contribution in [0.15, 0.2) is 76.1 Å². The first-order chi connectivity index (χ1) is 19.0. The van der Waals surface area contributed by atoms with Gasteiger partial charge in [-0.3, -0.25) is 9.69 Å². The van der Waals surface area contributed by atoms with E-state index in [1.54, 1.807) is 10.9 Å². The van der Waals surface area contributed by atoms with Crippen molar-refractivity contribution in [2.75, 3.05) is 13.2 Å². The first-order valence-corrected chi connectivity index (χ1v) is 13.4. The number of aromatic nitrogens is 5. The van der Waals surface area contributed by atoms with E-state index in [1.165, 1.54) is 11.1 Å². The lowest BCUT2D eigenvalue weighted by atomic mass is 10.1. The van der Waals surface area contributed by atoms with Crippen molar-refractivity contribution in [2.24, 2.45) is 0 Å². The van der Waals surface area contributed by atoms with Crippen LogP contribution in [0.3, 0.4) is 0 Å². The van der Waals surface area contributed by atoms with Gasteiger partial charge in [0.2, 0.25) is 0 Å². The molecule has 0 saturated carbocycles. The molecule has 5 aromatic rings. The summed E-state index contributed by atoms with van der Waals surface area (Å²) in [7, 11) is 0. The van der Waals surface area contributed by atoms with Crippen molar-refractivity contribution in [3.63, 3.8) is 0 Å². The standard InChI is InChI=1S/C30H34N6O3/c1-4-28(29-32-33-34-36(29)20-26-10-7-15-39-26)35(14-13-22-9-6-8-21(3)16-22)19-24-17-23-18-25(38-5-2)11-12-27(23)31-30(24)37/h6-12,15-18,28H,4-5,13-14,19-20H2,1-3H3,(H,31,37). The molecule has 0 spiro atoms. The van der Waals surface area contributed by atoms with E-state index in [-0.39, 0.29) is 11.6 Å². The monoisotopic (exact) mass is 526 g/mol. The van der Waals surface area contributed by atoms with Crippen molar-refractivity contribution in [3.05, 3.63) is 106 Å². The molecule has 0 aliphatic carbocycles. The van der Waals surface area contributed by atoms with Gasteiger partial charge in [0.25, 0.3) is 5.56 Å². The zero-order valence-electron chi connectivity index (χ0n) is 22.6. The van der Waals surface area contributed by atoms with Crippen LogP contribution >= 0.6 is 0 Å². The number of aromatic amines is 1. The molecule has 39 heavy (non-hydrogen) atoms. The second kappa shape index (κ2) is 12.1. The van der Waals surface area contributed by atoms with Gasteiger partial charge in [-0.15, -0.1) is 5.10 Å². The highest BCUT2D eigenvalue weighted by Gasteiger charge is 2.26. The van der Waals surface area contributed by atoms with Crippen LogP contribution in [0.5, 0.6) is 5.75 Å². The molecule has 1 atom stereocenters. The van der Waals surface area contributed by atoms with E-state index < -0.39 is 0 Å². The van der Waals surface area contributed by atoms with Gasteiger partial charge in [-0.1, -0.05) is 36.8 Å². The van der Waals surface area contributed by atoms with Gasteiger partial charge in [0, 0.05) is 29.6 Å². The number of aryl methyl sites for hydroxylation is 1. The van der Waals surface area contributed by atoms with Gasteiger partial charge in [-0.05, 0) is 79.1 Å². The molecule has 3 aromatic heterocycles. The molecule has 202 valence electrons. The lowest BCUT2D eigenvalue weighted by Gasteiger charge is -2.30. The molecular weight excluding hydrogens is 492 g/mol. The molecule has 2 aromatic carbocycles. The number of nitrogens with one attached hydrogen (secondary N) is 1. The molecule has 0 bridgehead atoms. The SMILES string of the molecule is CCOc1ccc2[nH]c(=O)c(CN(CCc3cccc(C)c3)C(CC)c3nnnn3Cc3ccco3)cc2c1. The summed E-state index contributed by atoms with van der Waals surface area (Å²) in [5.74, 6) is 2.30. The summed E-state index contributed by atoms with van der Waals surface area (Å²) in [6.45, 7) is 8.38. The van der Waals surface area contributed by atoms with E-state index in [2.05, 4.69) is 63.5 Å². The summed E-state index contributed by atoms with van der Waals surface area (Å²) in [5, 5.41) is 13.6. The topological polar surface area (TPSA) is 102 Å². The van der Waals surface area contributed by atoms with Gasteiger partial charge in [-0.2, -0.15) is 0 Å². The third-order valence-corrected chi connectivity index (χ3v) is 6.92. The molecule has 1 N–H and O–H groups in total. The maximum atomic E-state index is 13.2. The number of tetrazole rings is 1. The highest BCUT2D eigenvalue weighted by atomic mass is 16.5. The smallest absolute Gasteiger partial charge is 0.252 e. The van der Waals surface area contributed by atoms with Crippen LogP contribution < -0.4 is 10.3 Å². The van der Waals surface area contributed by atoms with Gasteiger partial charge >= 0.3 is 0 Å². The third-order valence-electron chi connectivity index (χ3n) is 6.92. The van der Waals surface area contributed by atoms with Gasteiger partial charge in [0.15, 0.2) is 5.82 Å². The first kappa shape index (κ1) is 26.4. The van der Waals surface area contributed by atoms with E-state index in [0.717, 1.165) is 47.6 Å². The van der Waals surface area contributed by atoms with E-state index >= 15 is 0 Å². The van der Waals surface area contributed by atoms with Crippen molar-refractivity contribution < 1.29 is 9.15 Å². The molecule has 0 fully saturated rings. The Bertz CT molecular complexity index is 1570. The molecule has 0 aliphatic heterocycles. The number of nitrogens with zero attached hydrogens (tertiary/aromatic N) is 5. The second-order valence-electron chi connectivity index (χ2n) is 9.71. The van der Waals surface area contributed by atoms with E-state index in [9.17, 15) is 4.79 Å². The van der Waals surface area contributed by atoms with Crippen LogP contribution in [0, 0.1) is 6.92 Å². The minimum atomic E-state index is -0.107. The zero-order chi connectivity index (χ0) is 27.2. The molecule has 0 radical (unpaired) electrons. The van der Waals surface area contributed by atoms with Crippen molar-refractivity contribution in [1.29, 1.82) is 0 Å². The maximum Gasteiger partial charge on any atom is 0.252 e. The average Bonchev–Trinajstić information content (AvgIpc) is 3.61. The van der Waals surface area contributed by atoms with Crippen LogP contribution in [0.4, 0.5) is 0 Å². The van der Waals surface area contributed by atoms with Crippen LogP contribution in [0.1, 0.15) is 54.6 Å². The summed E-state index contributed by atoms with van der Waals surface area (Å²) >= 11 is 0. The summed E-state index contributed by atoms with van der Waals surface area (Å²) in [6.07, 6.45) is 3.25. The molecule has 1 unspecified atom stereocenters. The van der Waals surface area contributed by atoms with Crippen molar-refractivity contribution in [1.82, 2.24) is 30.1 Å². The normalized spacial score (nSPS) is 12.3. The number of hydrogen-bond donors (Lipinski definition) is 1. The Hall–Kier alpha value is -4.24. The number of rotatable bonds is 12. The quantitative estimate of drug-likeness (QED) is 0.242. The molecule has 9 heteroatoms. The van der Waals surface area contributed by atoms with Crippen molar-refractivity contribution in [3.8, 4) is 5.75 Å². The third kappa shape index (κ3) is 6.26. The molecule has 0 aliphatic rings. The van der Waals surface area contributed by atoms with Crippen LogP contribution in [0.25, 0.3) is 10.9 Å². The lowest BCUT2D eigenvalue weighted by Crippen LogP contribution is -2.34. The van der Waals surface area contributed by atoms with Crippen LogP contribution in [-0.4, -0.2) is 43.2 Å². The van der Waals surface area contributed by atoms with Crippen LogP contribution in [-0.2, 0) is 19.5 Å². The molecular formula is C30H34N6O3. The zero-order valence-corrected chi connectivity index (χ0v) is 22.6. The fraction of sp³-hybridized carbons (Fsp3) is 0.333. The summed E-state index contributed by atoms with van der Waals surface area (Å²) < 4.78 is 13.0. The number of hydrogen-bond acceptors (Lipinski definition) is 7. The maximum absolute atomic E-state index is 13.2. The highest BCUT2D eigenvalue weighted by molar-refractivity contribution is 5.80. The number of benzene rings is 2. The van der Waals surface area contributed by atoms with E-state index in [4.69, 9.17) is 9.15 Å². The Balaban J connectivity index is 1.48. The molecule has 9 nitrogen and oxygen atoms in total. The Morgan fingerprint density at radius 2 is 2.00 bits per heavy atom. The van der Waals surface area contributed by atoms with Gasteiger partial charge in [-0.25, -0.2) is 4.68 Å². The molecule has 5 rings (SSSR count). The largest absolute Gasteiger partial charge is 0.494 e. The van der Waals surface area contributed by atoms with E-state index in [1.807, 2.05) is 43.3 Å². The van der Waals surface area contributed by atoms with Crippen LogP contribution in [0.2, 0.25) is 0 Å². The number of ether oxygens (including phenoxy) is 1. The number of furan rings is 1. The minimum absolute atomic E-state index is 0.0998. The highest BCUT2D eigenvalue weighted by Crippen LogP contribution is 2.26. The average molecular weight is 527 g/mol. The Morgan fingerprint density at radius 1 is 1.10 bits per heavy atom. The molecule has 0 amide bonds. The van der Waals surface area contributed by atoms with Gasteiger partial charge in [0.05, 0.1) is 18.9 Å². The Labute approximate surface area is 227 Å². The minimum Gasteiger partial charge on any atom is -0.494 e. The lowest BCUT2D eigenvalue weighted by molar-refractivity contribution is 0.172. The number of pyridine rings is 1. The summed E-state index contributed by atoms with van der Waals surface area (Å²) in [6, 6.07) is 19.9. The fourth-order valence-corrected chi connectivity index (χ4v) is 5.03. The number of H-pyrrole nitrogens is 1. The summed E-state index contributed by atoms with van der Waals surface area (Å²) in [4.78, 5) is 18.6. The Kier molecular flexibility index (Phi) is 8.17. The van der Waals surface area contributed by atoms with Gasteiger partial charge in [0.1, 0.15) is 18.1 Å². The van der Waals surface area contributed by atoms with Crippen molar-refractivity contribution >= 4 is 10.9 Å². The first-order valence-electron chi connectivity index (χ1n) is 13.4. The second-order valence-corrected chi connectivity index (χ2v) is 9.71. The van der Waals surface area contributed by atoms with Crippen molar-refractivity contribution in [2.45, 2.75) is 52.7 Å². The van der Waals surface area contributed by atoms with Gasteiger partial charge < -0.3 is 14.1 Å². The number of fused-ring (bicyclic) bond motifs is 1. The predicted molar refractivity (Wildman–Crippen MR) is 150 cm³/mol. The molecule has 3 heterocycles. The Morgan fingerprint density at radius 3 is 2.77 bits per heavy atom. The van der Waals surface area contributed by atoms with E-state index in [0.29, 0.717) is 25.3 Å². The predicted octanol–water partition coefficient (Wildman–Crippen LogP) is 5.06. The fourth-order valence-electron chi connectivity index (χ4n) is 5.03.